The van der Waals surface area contributed by atoms with Crippen LogP contribution in [-0.4, -0.2) is 88.9 Å². The van der Waals surface area contributed by atoms with Gasteiger partial charge in [-0.05, 0) is 44.3 Å². The van der Waals surface area contributed by atoms with Crippen molar-refractivity contribution in [2.45, 2.75) is 25.3 Å². The van der Waals surface area contributed by atoms with Crippen molar-refractivity contribution >= 4 is 29.9 Å². The molecule has 3 fully saturated rings. The molecule has 3 aliphatic heterocycles. The van der Waals surface area contributed by atoms with Gasteiger partial charge in [-0.25, -0.2) is 36.4 Å². The number of hydrogen-bond acceptors (Lipinski definition) is 5. The van der Waals surface area contributed by atoms with Gasteiger partial charge in [-0.1, -0.05) is 0 Å². The van der Waals surface area contributed by atoms with E-state index in [0.717, 1.165) is 30.8 Å². The van der Waals surface area contributed by atoms with Crippen molar-refractivity contribution in [2.75, 3.05) is 39.3 Å². The minimum atomic E-state index is -2.31. The van der Waals surface area contributed by atoms with Gasteiger partial charge in [-0.15, -0.1) is 0 Å². The number of likely N-dealkylation sites (tertiary alicyclic amines) is 1. The van der Waals surface area contributed by atoms with Crippen LogP contribution in [0.3, 0.4) is 0 Å². The molecule has 3 heterocycles. The Kier molecular flexibility index (Phi) is 7.99. The van der Waals surface area contributed by atoms with Crippen molar-refractivity contribution in [1.82, 2.24) is 20.0 Å². The number of carbonyl (C=O) groups excluding carboxylic acids is 3. The topological polar surface area (TPSA) is 110 Å². The Balaban J connectivity index is 1.35. The molecular weight excluding hydrogens is 519 g/mol. The lowest BCUT2D eigenvalue weighted by atomic mass is 9.78. The number of rotatable bonds is 5. The predicted molar refractivity (Wildman–Crippen MR) is 121 cm³/mol. The number of urea groups is 1. The number of piperidine rings is 1. The van der Waals surface area contributed by atoms with Crippen LogP contribution in [0.1, 0.15) is 24.8 Å². The summed E-state index contributed by atoms with van der Waals surface area (Å²) in [7, 11) is 0. The molecule has 206 valence electrons. The number of nitrogens with zero attached hydrogens (tertiary/aromatic N) is 3. The van der Waals surface area contributed by atoms with E-state index >= 15 is 0 Å². The van der Waals surface area contributed by atoms with Crippen molar-refractivity contribution in [3.63, 3.8) is 0 Å². The minimum Gasteiger partial charge on any atom is -0.480 e. The fraction of sp³-hybridized carbons (Fsp3) is 0.500. The van der Waals surface area contributed by atoms with Crippen molar-refractivity contribution in [2.24, 2.45) is 11.8 Å². The number of nitrogens with one attached hydrogen (secondary N) is 1. The first-order chi connectivity index (χ1) is 18.0. The zero-order valence-corrected chi connectivity index (χ0v) is 20.1. The van der Waals surface area contributed by atoms with Crippen molar-refractivity contribution in [3.8, 4) is 0 Å². The highest BCUT2D eigenvalue weighted by atomic mass is 19.2. The van der Waals surface area contributed by atoms with Crippen LogP contribution < -0.4 is 5.32 Å². The third kappa shape index (κ3) is 5.08. The van der Waals surface area contributed by atoms with Gasteiger partial charge >= 0.3 is 12.0 Å². The highest BCUT2D eigenvalue weighted by Gasteiger charge is 2.56. The third-order valence-electron chi connectivity index (χ3n) is 7.22. The first-order valence-electron chi connectivity index (χ1n) is 12.1. The second kappa shape index (κ2) is 11.1. The van der Waals surface area contributed by atoms with Crippen LogP contribution in [0.4, 0.5) is 26.7 Å². The molecule has 14 heteroatoms. The number of carboxylic acids is 1. The predicted octanol–water partition coefficient (Wildman–Crippen LogP) is 1.96. The van der Waals surface area contributed by atoms with Gasteiger partial charge in [-0.2, -0.15) is 0 Å². The molecule has 9 nitrogen and oxygen atoms in total. The number of hydrogen-bond donors (Lipinski definition) is 2. The molecule has 3 saturated heterocycles. The third-order valence-corrected chi connectivity index (χ3v) is 7.22. The van der Waals surface area contributed by atoms with Crippen LogP contribution in [0.25, 0.3) is 6.08 Å². The van der Waals surface area contributed by atoms with Crippen LogP contribution >= 0.6 is 0 Å². The lowest BCUT2D eigenvalue weighted by molar-refractivity contribution is -0.167. The average Bonchev–Trinajstić information content (AvgIpc) is 2.92. The number of β-lactam (4-membered cyclic amide) rings is 1. The molecule has 2 atom stereocenters. The molecular formula is C24H25F5N4O5. The average molecular weight is 544 g/mol. The van der Waals surface area contributed by atoms with Gasteiger partial charge in [0.15, 0.2) is 29.3 Å². The molecule has 0 radical (unpaired) electrons. The van der Waals surface area contributed by atoms with Crippen molar-refractivity contribution < 1.29 is 46.2 Å². The fourth-order valence-corrected chi connectivity index (χ4v) is 5.05. The van der Waals surface area contributed by atoms with Crippen LogP contribution in [0, 0.1) is 40.9 Å². The second-order valence-corrected chi connectivity index (χ2v) is 9.44. The van der Waals surface area contributed by atoms with E-state index in [-0.39, 0.29) is 32.1 Å². The van der Waals surface area contributed by atoms with E-state index in [1.807, 2.05) is 0 Å². The number of amides is 4. The van der Waals surface area contributed by atoms with Gasteiger partial charge in [0.25, 0.3) is 0 Å². The number of aliphatic carboxylic acids is 1. The van der Waals surface area contributed by atoms with E-state index in [4.69, 9.17) is 0 Å². The van der Waals surface area contributed by atoms with E-state index in [2.05, 4.69) is 5.32 Å². The highest BCUT2D eigenvalue weighted by molar-refractivity contribution is 6.07. The Morgan fingerprint density at radius 1 is 0.868 bits per heavy atom. The van der Waals surface area contributed by atoms with E-state index in [1.165, 1.54) is 9.80 Å². The van der Waals surface area contributed by atoms with E-state index in [9.17, 15) is 46.2 Å². The van der Waals surface area contributed by atoms with Crippen LogP contribution in [-0.2, 0) is 14.4 Å². The quantitative estimate of drug-likeness (QED) is 0.193. The van der Waals surface area contributed by atoms with Crippen molar-refractivity contribution in [1.29, 1.82) is 0 Å². The van der Waals surface area contributed by atoms with Crippen LogP contribution in [0.2, 0.25) is 0 Å². The maximum Gasteiger partial charge on any atom is 0.327 e. The van der Waals surface area contributed by atoms with Crippen LogP contribution in [0.5, 0.6) is 0 Å². The SMILES string of the molecule is O=C(O)[C@@H]1[C@@H](CC2CCNCC2)C(=O)N1C(=O)N1CCN(C(=O)/C=C/c2c(F)c(F)c(F)c(F)c2F)CC1. The Bertz CT molecular complexity index is 1150. The molecule has 0 saturated carbocycles. The molecule has 4 rings (SSSR count). The van der Waals surface area contributed by atoms with Gasteiger partial charge in [-0.3, -0.25) is 9.59 Å². The second-order valence-electron chi connectivity index (χ2n) is 9.44. The van der Waals surface area contributed by atoms with Gasteiger partial charge in [0.1, 0.15) is 0 Å². The maximum absolute atomic E-state index is 13.8. The molecule has 1 aromatic rings. The molecule has 4 amide bonds. The standard InChI is InChI=1S/C24H25F5N4O5/c25-16-13(17(26)19(28)20(29)18(16)27)1-2-15(34)31-7-9-32(10-8-31)24(38)33-21(23(36)37)14(22(33)35)11-12-3-5-30-6-4-12/h1-2,12,14,21,30H,3-11H2,(H,36,37)/b2-1+/t14-,21+/m1/s1. The lowest BCUT2D eigenvalue weighted by Gasteiger charge is -2.47. The Labute approximate surface area is 213 Å². The number of carboxylic acid groups (broad SMARTS) is 1. The first-order valence-corrected chi connectivity index (χ1v) is 12.1. The van der Waals surface area contributed by atoms with E-state index in [1.54, 1.807) is 0 Å². The summed E-state index contributed by atoms with van der Waals surface area (Å²) in [5.41, 5.74) is -1.27. The van der Waals surface area contributed by atoms with Gasteiger partial charge in [0.05, 0.1) is 11.5 Å². The molecule has 0 spiro atoms. The Hall–Kier alpha value is -3.55. The van der Waals surface area contributed by atoms with Gasteiger partial charge < -0.3 is 20.2 Å². The number of carbonyl (C=O) groups is 4. The van der Waals surface area contributed by atoms with E-state index in [0.29, 0.717) is 18.6 Å². The summed E-state index contributed by atoms with van der Waals surface area (Å²) in [6, 6.07) is -2.05. The molecule has 0 unspecified atom stereocenters. The summed E-state index contributed by atoms with van der Waals surface area (Å²) >= 11 is 0. The Morgan fingerprint density at radius 2 is 1.39 bits per heavy atom. The maximum atomic E-state index is 13.8. The first kappa shape index (κ1) is 27.5. The summed E-state index contributed by atoms with van der Waals surface area (Å²) in [5, 5.41) is 12.9. The zero-order valence-electron chi connectivity index (χ0n) is 20.1. The highest BCUT2D eigenvalue weighted by Crippen LogP contribution is 2.35. The molecule has 0 aliphatic carbocycles. The smallest absolute Gasteiger partial charge is 0.327 e. The molecule has 0 aromatic heterocycles. The normalized spacial score (nSPS) is 22.7. The number of piperazine rings is 1. The fourth-order valence-electron chi connectivity index (χ4n) is 5.05. The number of halogens is 5. The minimum absolute atomic E-state index is 0.0595. The van der Waals surface area contributed by atoms with Gasteiger partial charge in [0, 0.05) is 32.3 Å². The summed E-state index contributed by atoms with van der Waals surface area (Å²) in [4.78, 5) is 53.1. The van der Waals surface area contributed by atoms with Crippen LogP contribution in [0.15, 0.2) is 6.08 Å². The monoisotopic (exact) mass is 544 g/mol. The molecule has 1 aromatic carbocycles. The molecule has 3 aliphatic rings. The summed E-state index contributed by atoms with van der Waals surface area (Å²) in [6.07, 6.45) is 3.16. The largest absolute Gasteiger partial charge is 0.480 e. The number of benzene rings is 1. The molecule has 0 bridgehead atoms. The summed E-state index contributed by atoms with van der Waals surface area (Å²) in [5.74, 6) is -14.0. The summed E-state index contributed by atoms with van der Waals surface area (Å²) in [6.45, 7) is 1.32. The van der Waals surface area contributed by atoms with Gasteiger partial charge in [0.2, 0.25) is 17.6 Å². The Morgan fingerprint density at radius 3 is 1.95 bits per heavy atom. The zero-order chi connectivity index (χ0) is 27.7. The molecule has 2 N–H and O–H groups in total. The lowest BCUT2D eigenvalue weighted by Crippen LogP contribution is -2.69. The molecule has 38 heavy (non-hydrogen) atoms. The van der Waals surface area contributed by atoms with Crippen molar-refractivity contribution in [3.05, 3.63) is 40.7 Å². The number of imide groups is 1. The summed E-state index contributed by atoms with van der Waals surface area (Å²) < 4.78 is 67.5. The van der Waals surface area contributed by atoms with E-state index < -0.39 is 70.4 Å².